The lowest BCUT2D eigenvalue weighted by Gasteiger charge is -2.30. The molecule has 4 N–H and O–H groups in total. The number of hydrogen-bond donors (Lipinski definition) is 3. The Kier molecular flexibility index (Phi) is 3.62. The first kappa shape index (κ1) is 13.6. The van der Waals surface area contributed by atoms with E-state index in [1.54, 1.807) is 6.07 Å². The third kappa shape index (κ3) is 2.62. The molecule has 0 aromatic heterocycles. The fourth-order valence-corrected chi connectivity index (χ4v) is 2.83. The number of fused-ring (bicyclic) bond motifs is 1. The van der Waals surface area contributed by atoms with Crippen LogP contribution >= 0.6 is 0 Å². The van der Waals surface area contributed by atoms with Gasteiger partial charge in [-0.25, -0.2) is 0 Å². The van der Waals surface area contributed by atoms with Gasteiger partial charge in [-0.15, -0.1) is 0 Å². The van der Waals surface area contributed by atoms with Crippen LogP contribution in [0.1, 0.15) is 33.0 Å². The van der Waals surface area contributed by atoms with Crippen LogP contribution in [0.5, 0.6) is 0 Å². The number of anilines is 1. The van der Waals surface area contributed by atoms with Gasteiger partial charge in [0.15, 0.2) is 0 Å². The average Bonchev–Trinajstić information content (AvgIpc) is 2.47. The molecule has 1 aliphatic rings. The zero-order chi connectivity index (χ0) is 14.8. The molecule has 21 heavy (non-hydrogen) atoms. The van der Waals surface area contributed by atoms with E-state index in [9.17, 15) is 4.79 Å². The van der Waals surface area contributed by atoms with Crippen molar-refractivity contribution in [2.24, 2.45) is 5.84 Å². The summed E-state index contributed by atoms with van der Waals surface area (Å²) in [6, 6.07) is 14.0. The van der Waals surface area contributed by atoms with Gasteiger partial charge in [0, 0.05) is 12.5 Å². The average molecular weight is 281 g/mol. The maximum absolute atomic E-state index is 12.3. The Morgan fingerprint density at radius 2 is 2.10 bits per heavy atom. The number of amides is 1. The highest BCUT2D eigenvalue weighted by molar-refractivity contribution is 5.99. The van der Waals surface area contributed by atoms with Crippen molar-refractivity contribution in [2.75, 3.05) is 12.0 Å². The smallest absolute Gasteiger partial charge is 0.253 e. The Labute approximate surface area is 124 Å². The van der Waals surface area contributed by atoms with E-state index in [2.05, 4.69) is 28.9 Å². The van der Waals surface area contributed by atoms with Crippen LogP contribution in [-0.4, -0.2) is 12.5 Å². The minimum Gasteiger partial charge on any atom is -0.351 e. The summed E-state index contributed by atoms with van der Waals surface area (Å²) in [5.41, 5.74) is 7.62. The predicted octanol–water partition coefficient (Wildman–Crippen LogP) is 2.35. The Morgan fingerprint density at radius 1 is 1.29 bits per heavy atom. The summed E-state index contributed by atoms with van der Waals surface area (Å²) in [7, 11) is 0. The van der Waals surface area contributed by atoms with Crippen molar-refractivity contribution in [3.63, 3.8) is 0 Å². The lowest BCUT2D eigenvalue weighted by Crippen LogP contribution is -2.33. The highest BCUT2D eigenvalue weighted by Crippen LogP contribution is 2.34. The third-order valence-corrected chi connectivity index (χ3v) is 4.05. The van der Waals surface area contributed by atoms with Gasteiger partial charge in [0.05, 0.1) is 11.3 Å². The molecule has 0 saturated carbocycles. The van der Waals surface area contributed by atoms with Crippen LogP contribution in [0.25, 0.3) is 0 Å². The maximum Gasteiger partial charge on any atom is 0.253 e. The van der Waals surface area contributed by atoms with Gasteiger partial charge >= 0.3 is 0 Å². The van der Waals surface area contributed by atoms with E-state index in [-0.39, 0.29) is 5.91 Å². The van der Waals surface area contributed by atoms with Gasteiger partial charge in [-0.2, -0.15) is 0 Å². The van der Waals surface area contributed by atoms with Crippen LogP contribution in [0.2, 0.25) is 0 Å². The van der Waals surface area contributed by atoms with Crippen LogP contribution in [0.15, 0.2) is 42.5 Å². The van der Waals surface area contributed by atoms with E-state index in [4.69, 9.17) is 5.84 Å². The number of nitrogens with one attached hydrogen (secondary N) is 2. The Bertz CT molecular complexity index is 681. The van der Waals surface area contributed by atoms with Crippen molar-refractivity contribution in [3.8, 4) is 0 Å². The lowest BCUT2D eigenvalue weighted by molar-refractivity contribution is 0.0951. The highest BCUT2D eigenvalue weighted by Gasteiger charge is 2.25. The number of carbonyl (C=O) groups excluding carboxylic acids is 1. The van der Waals surface area contributed by atoms with Gasteiger partial charge in [-0.05, 0) is 42.2 Å². The number of benzene rings is 2. The number of hydrogen-bond acceptors (Lipinski definition) is 3. The zero-order valence-electron chi connectivity index (χ0n) is 12.0. The highest BCUT2D eigenvalue weighted by atomic mass is 16.1. The molecule has 1 atom stereocenters. The summed E-state index contributed by atoms with van der Waals surface area (Å²) >= 11 is 0. The van der Waals surface area contributed by atoms with Crippen LogP contribution in [0.3, 0.4) is 0 Å². The zero-order valence-corrected chi connectivity index (χ0v) is 12.0. The molecule has 4 heteroatoms. The van der Waals surface area contributed by atoms with Gasteiger partial charge in [0.25, 0.3) is 5.91 Å². The number of hydrazine groups is 1. The first-order chi connectivity index (χ1) is 10.2. The van der Waals surface area contributed by atoms with Crippen molar-refractivity contribution < 1.29 is 4.79 Å². The molecule has 0 bridgehead atoms. The summed E-state index contributed by atoms with van der Waals surface area (Å²) < 4.78 is 0. The van der Waals surface area contributed by atoms with Gasteiger partial charge in [0.2, 0.25) is 0 Å². The quantitative estimate of drug-likeness (QED) is 0.595. The monoisotopic (exact) mass is 281 g/mol. The number of aryl methyl sites for hydroxylation is 1. The second-order valence-electron chi connectivity index (χ2n) is 5.50. The summed E-state index contributed by atoms with van der Waals surface area (Å²) in [5.74, 6) is 5.81. The third-order valence-electron chi connectivity index (χ3n) is 4.05. The molecule has 0 fully saturated rings. The van der Waals surface area contributed by atoms with Crippen LogP contribution in [-0.2, 0) is 6.42 Å². The molecular formula is C17H19N3O. The predicted molar refractivity (Wildman–Crippen MR) is 84.2 cm³/mol. The van der Waals surface area contributed by atoms with E-state index in [1.165, 1.54) is 11.1 Å². The molecule has 4 nitrogen and oxygen atoms in total. The van der Waals surface area contributed by atoms with Gasteiger partial charge in [-0.3, -0.25) is 10.6 Å². The minimum atomic E-state index is -0.0904. The topological polar surface area (TPSA) is 67.2 Å². The molecule has 0 heterocycles. The van der Waals surface area contributed by atoms with Crippen molar-refractivity contribution in [1.82, 2.24) is 5.32 Å². The van der Waals surface area contributed by atoms with Crippen molar-refractivity contribution in [1.29, 1.82) is 0 Å². The van der Waals surface area contributed by atoms with E-state index >= 15 is 0 Å². The minimum absolute atomic E-state index is 0.0904. The summed E-state index contributed by atoms with van der Waals surface area (Å²) in [6.45, 7) is 2.63. The molecule has 1 amide bonds. The van der Waals surface area contributed by atoms with Crippen molar-refractivity contribution in [2.45, 2.75) is 19.3 Å². The Balaban J connectivity index is 1.66. The molecule has 108 valence electrons. The molecule has 2 aromatic carbocycles. The number of carbonyl (C=O) groups is 1. The molecular weight excluding hydrogens is 262 g/mol. The molecule has 0 radical (unpaired) electrons. The number of rotatable bonds is 4. The second-order valence-corrected chi connectivity index (χ2v) is 5.50. The summed E-state index contributed by atoms with van der Waals surface area (Å²) in [5, 5.41) is 3.00. The molecule has 1 unspecified atom stereocenters. The van der Waals surface area contributed by atoms with Crippen LogP contribution in [0.4, 0.5) is 5.69 Å². The maximum atomic E-state index is 12.3. The van der Waals surface area contributed by atoms with Crippen LogP contribution in [0, 0.1) is 6.92 Å². The number of nitrogen functional groups attached to an aromatic ring is 1. The number of nitrogens with two attached hydrogens (primary N) is 1. The summed E-state index contributed by atoms with van der Waals surface area (Å²) in [6.07, 6.45) is 1.03. The van der Waals surface area contributed by atoms with E-state index in [1.807, 2.05) is 25.1 Å². The molecule has 0 saturated heterocycles. The lowest BCUT2D eigenvalue weighted by atomic mass is 9.77. The van der Waals surface area contributed by atoms with E-state index in [0.29, 0.717) is 23.7 Å². The first-order valence-electron chi connectivity index (χ1n) is 7.12. The Morgan fingerprint density at radius 3 is 2.86 bits per heavy atom. The van der Waals surface area contributed by atoms with E-state index in [0.717, 1.165) is 12.0 Å². The van der Waals surface area contributed by atoms with Gasteiger partial charge in [-0.1, -0.05) is 30.3 Å². The summed E-state index contributed by atoms with van der Waals surface area (Å²) in [4.78, 5) is 12.3. The standard InChI is InChI=1S/C17H19N3O/c1-11-6-7-15(16(8-11)20-18)17(21)19-10-13-9-12-4-2-3-5-14(12)13/h2-8,13,20H,9-10,18H2,1H3,(H,19,21). The molecule has 0 aliphatic heterocycles. The first-order valence-corrected chi connectivity index (χ1v) is 7.12. The fraction of sp³-hybridized carbons (Fsp3) is 0.235. The fourth-order valence-electron chi connectivity index (χ4n) is 2.83. The van der Waals surface area contributed by atoms with Gasteiger partial charge in [0.1, 0.15) is 0 Å². The second kappa shape index (κ2) is 5.58. The largest absolute Gasteiger partial charge is 0.351 e. The SMILES string of the molecule is Cc1ccc(C(=O)NCC2Cc3ccccc32)c(NN)c1. The van der Waals surface area contributed by atoms with E-state index < -0.39 is 0 Å². The molecule has 2 aromatic rings. The van der Waals surface area contributed by atoms with Crippen molar-refractivity contribution in [3.05, 3.63) is 64.7 Å². The molecule has 3 rings (SSSR count). The normalized spacial score (nSPS) is 15.8. The van der Waals surface area contributed by atoms with Crippen molar-refractivity contribution >= 4 is 11.6 Å². The Hall–Kier alpha value is -2.33. The van der Waals surface area contributed by atoms with Gasteiger partial charge < -0.3 is 10.7 Å². The molecule has 0 spiro atoms. The molecule has 1 aliphatic carbocycles. The van der Waals surface area contributed by atoms with Crippen LogP contribution < -0.4 is 16.6 Å².